The summed E-state index contributed by atoms with van der Waals surface area (Å²) in [7, 11) is 0. The van der Waals surface area contributed by atoms with Crippen molar-refractivity contribution in [2.45, 2.75) is 6.92 Å². The van der Waals surface area contributed by atoms with Gasteiger partial charge in [-0.25, -0.2) is 5.43 Å². The van der Waals surface area contributed by atoms with Crippen molar-refractivity contribution in [3.8, 4) is 16.9 Å². The van der Waals surface area contributed by atoms with Crippen LogP contribution < -0.4 is 5.43 Å². The van der Waals surface area contributed by atoms with Crippen molar-refractivity contribution in [1.82, 2.24) is 9.99 Å². The van der Waals surface area contributed by atoms with E-state index in [0.717, 1.165) is 28.2 Å². The van der Waals surface area contributed by atoms with Gasteiger partial charge in [-0.1, -0.05) is 66.7 Å². The summed E-state index contributed by atoms with van der Waals surface area (Å²) in [5.74, 6) is -0.247. The number of carbonyl (C=O) groups excluding carboxylic acids is 1. The van der Waals surface area contributed by atoms with E-state index >= 15 is 0 Å². The Morgan fingerprint density at radius 3 is 2.23 bits per heavy atom. The van der Waals surface area contributed by atoms with E-state index in [4.69, 9.17) is 0 Å². The van der Waals surface area contributed by atoms with Crippen molar-refractivity contribution >= 4 is 18.2 Å². The lowest BCUT2D eigenvalue weighted by molar-refractivity contribution is 0.0955. The van der Waals surface area contributed by atoms with Crippen LogP contribution in [0.1, 0.15) is 21.6 Å². The molecule has 0 spiro atoms. The van der Waals surface area contributed by atoms with Gasteiger partial charge in [0, 0.05) is 23.2 Å². The Bertz CT molecular complexity index is 1200. The molecule has 0 radical (unpaired) electrons. The van der Waals surface area contributed by atoms with Gasteiger partial charge < -0.3 is 4.57 Å². The molecule has 0 saturated carbocycles. The normalized spacial score (nSPS) is 11.3. The van der Waals surface area contributed by atoms with Crippen LogP contribution in [0.15, 0.2) is 108 Å². The van der Waals surface area contributed by atoms with Gasteiger partial charge in [0.1, 0.15) is 0 Å². The van der Waals surface area contributed by atoms with Crippen molar-refractivity contribution in [3.05, 3.63) is 120 Å². The number of aromatic nitrogens is 1. The highest BCUT2D eigenvalue weighted by atomic mass is 16.2. The Kier molecular flexibility index (Phi) is 6.19. The number of aryl methyl sites for hydroxylation is 1. The van der Waals surface area contributed by atoms with Crippen molar-refractivity contribution in [2.75, 3.05) is 0 Å². The van der Waals surface area contributed by atoms with Crippen LogP contribution >= 0.6 is 0 Å². The molecule has 0 aliphatic carbocycles. The maximum Gasteiger partial charge on any atom is 0.271 e. The van der Waals surface area contributed by atoms with E-state index in [-0.39, 0.29) is 5.91 Å². The number of amides is 1. The molecule has 0 aliphatic rings. The molecule has 1 amide bonds. The van der Waals surface area contributed by atoms with Crippen LogP contribution in [0.2, 0.25) is 0 Å². The van der Waals surface area contributed by atoms with E-state index in [9.17, 15) is 4.79 Å². The van der Waals surface area contributed by atoms with Gasteiger partial charge in [-0.2, -0.15) is 5.10 Å². The molecule has 4 rings (SSSR count). The Balaban J connectivity index is 1.44. The maximum absolute atomic E-state index is 12.4. The molecule has 0 atom stereocenters. The number of rotatable bonds is 6. The minimum atomic E-state index is -0.247. The molecule has 0 unspecified atom stereocenters. The van der Waals surface area contributed by atoms with Crippen molar-refractivity contribution < 1.29 is 4.79 Å². The molecule has 31 heavy (non-hydrogen) atoms. The average molecular weight is 406 g/mol. The fourth-order valence-corrected chi connectivity index (χ4v) is 3.40. The van der Waals surface area contributed by atoms with Crippen LogP contribution in [0.3, 0.4) is 0 Å². The SMILES string of the molecule is Cc1ccc(-c2ccccc2)n1-c1ccc(C(=O)N/N=C\C=C\c2ccccc2)cc1. The van der Waals surface area contributed by atoms with Crippen molar-refractivity contribution in [1.29, 1.82) is 0 Å². The van der Waals surface area contributed by atoms with Gasteiger partial charge in [-0.15, -0.1) is 0 Å². The highest BCUT2D eigenvalue weighted by molar-refractivity contribution is 5.95. The van der Waals surface area contributed by atoms with E-state index in [0.29, 0.717) is 5.56 Å². The van der Waals surface area contributed by atoms with Crippen molar-refractivity contribution in [3.63, 3.8) is 0 Å². The zero-order valence-electron chi connectivity index (χ0n) is 17.3. The summed E-state index contributed by atoms with van der Waals surface area (Å²) >= 11 is 0. The summed E-state index contributed by atoms with van der Waals surface area (Å²) in [6.07, 6.45) is 5.28. The van der Waals surface area contributed by atoms with Crippen molar-refractivity contribution in [2.24, 2.45) is 5.10 Å². The first-order valence-corrected chi connectivity index (χ1v) is 10.1. The summed E-state index contributed by atoms with van der Waals surface area (Å²) in [5.41, 5.74) is 8.59. The number of nitrogens with one attached hydrogen (secondary N) is 1. The smallest absolute Gasteiger partial charge is 0.271 e. The van der Waals surface area contributed by atoms with Gasteiger partial charge in [0.15, 0.2) is 0 Å². The predicted molar refractivity (Wildman–Crippen MR) is 127 cm³/mol. The van der Waals surface area contributed by atoms with Gasteiger partial charge in [0.2, 0.25) is 0 Å². The van der Waals surface area contributed by atoms with Crippen LogP contribution in [0, 0.1) is 6.92 Å². The van der Waals surface area contributed by atoms with E-state index in [1.54, 1.807) is 12.3 Å². The molecule has 3 aromatic carbocycles. The third-order valence-corrected chi connectivity index (χ3v) is 4.95. The summed E-state index contributed by atoms with van der Waals surface area (Å²) in [5, 5.41) is 3.99. The molecule has 0 saturated heterocycles. The lowest BCUT2D eigenvalue weighted by Crippen LogP contribution is -2.17. The zero-order valence-corrected chi connectivity index (χ0v) is 17.3. The quantitative estimate of drug-likeness (QED) is 0.316. The fourth-order valence-electron chi connectivity index (χ4n) is 3.40. The average Bonchev–Trinajstić information content (AvgIpc) is 3.21. The summed E-state index contributed by atoms with van der Waals surface area (Å²) in [6, 6.07) is 31.9. The molecular formula is C27H23N3O. The van der Waals surface area contributed by atoms with Gasteiger partial charge in [-0.3, -0.25) is 4.79 Å². The highest BCUT2D eigenvalue weighted by Crippen LogP contribution is 2.26. The molecule has 4 nitrogen and oxygen atoms in total. The second-order valence-electron chi connectivity index (χ2n) is 7.10. The largest absolute Gasteiger partial charge is 0.314 e. The topological polar surface area (TPSA) is 46.4 Å². The van der Waals surface area contributed by atoms with E-state index in [1.165, 1.54) is 0 Å². The van der Waals surface area contributed by atoms with E-state index in [2.05, 4.69) is 46.3 Å². The maximum atomic E-state index is 12.4. The number of benzene rings is 3. The van der Waals surface area contributed by atoms with Crippen LogP contribution in [0.25, 0.3) is 23.0 Å². The van der Waals surface area contributed by atoms with Crippen LogP contribution in [-0.2, 0) is 0 Å². The molecular weight excluding hydrogens is 382 g/mol. The first-order chi connectivity index (χ1) is 15.2. The first-order valence-electron chi connectivity index (χ1n) is 10.1. The fraction of sp³-hybridized carbons (Fsp3) is 0.0370. The lowest BCUT2D eigenvalue weighted by atomic mass is 10.1. The Labute approximate surface area is 182 Å². The second-order valence-corrected chi connectivity index (χ2v) is 7.10. The Morgan fingerprint density at radius 1 is 0.839 bits per heavy atom. The van der Waals surface area contributed by atoms with Crippen LogP contribution in [0.4, 0.5) is 0 Å². The number of carbonyl (C=O) groups is 1. The molecule has 4 aromatic rings. The number of allylic oxidation sites excluding steroid dienone is 1. The van der Waals surface area contributed by atoms with Gasteiger partial charge in [0.05, 0.1) is 5.69 Å². The standard InChI is InChI=1S/C27H23N3O/c1-21-14-19-26(23-12-6-3-7-13-23)30(21)25-17-15-24(16-18-25)27(31)29-28-20-8-11-22-9-4-2-5-10-22/h2-20H,1H3,(H,29,31)/b11-8+,28-20-. The zero-order chi connectivity index (χ0) is 21.5. The molecule has 0 fully saturated rings. The third kappa shape index (κ3) is 4.87. The number of hydrogen-bond acceptors (Lipinski definition) is 2. The number of hydrogen-bond donors (Lipinski definition) is 1. The summed E-state index contributed by atoms with van der Waals surface area (Å²) < 4.78 is 2.18. The molecule has 0 aliphatic heterocycles. The van der Waals surface area contributed by atoms with E-state index in [1.807, 2.05) is 78.9 Å². The monoisotopic (exact) mass is 405 g/mol. The molecule has 4 heteroatoms. The number of hydrazone groups is 1. The molecule has 1 heterocycles. The molecule has 1 aromatic heterocycles. The molecule has 1 N–H and O–H groups in total. The van der Waals surface area contributed by atoms with Crippen LogP contribution in [0.5, 0.6) is 0 Å². The minimum Gasteiger partial charge on any atom is -0.314 e. The predicted octanol–water partition coefficient (Wildman–Crippen LogP) is 5.88. The van der Waals surface area contributed by atoms with Gasteiger partial charge in [-0.05, 0) is 60.5 Å². The van der Waals surface area contributed by atoms with Crippen LogP contribution in [-0.4, -0.2) is 16.7 Å². The third-order valence-electron chi connectivity index (χ3n) is 4.95. The Hall–Kier alpha value is -4.18. The second kappa shape index (κ2) is 9.55. The molecule has 152 valence electrons. The minimum absolute atomic E-state index is 0.247. The van der Waals surface area contributed by atoms with Gasteiger partial charge >= 0.3 is 0 Å². The number of nitrogens with zero attached hydrogens (tertiary/aromatic N) is 2. The van der Waals surface area contributed by atoms with Gasteiger partial charge in [0.25, 0.3) is 5.91 Å². The lowest BCUT2D eigenvalue weighted by Gasteiger charge is -2.12. The highest BCUT2D eigenvalue weighted by Gasteiger charge is 2.10. The first kappa shape index (κ1) is 20.1. The summed E-state index contributed by atoms with van der Waals surface area (Å²) in [4.78, 5) is 12.4. The summed E-state index contributed by atoms with van der Waals surface area (Å²) in [6.45, 7) is 2.07. The van der Waals surface area contributed by atoms with E-state index < -0.39 is 0 Å². The molecule has 0 bridgehead atoms. The Morgan fingerprint density at radius 2 is 1.52 bits per heavy atom.